The standard InChI is InChI=1S/C27H30ClN7O3/c1-13-14(2)25(35-12-16-7-22(16)27(35)38)32-10-17(13)9-31-11-23(34-30)26(37)33-19-5-15(6-19)21-8-18(28)3-4-20(21)24(29)36/h3-4,8,10-11,15-16,19,22H,5-7,9,12,30H2,1-2H3,(H2,29,36)(H,33,37). The van der Waals surface area contributed by atoms with E-state index in [4.69, 9.17) is 23.2 Å². The molecule has 2 saturated carbocycles. The van der Waals surface area contributed by atoms with E-state index >= 15 is 0 Å². The van der Waals surface area contributed by atoms with Gasteiger partial charge >= 0.3 is 0 Å². The average molecular weight is 536 g/mol. The summed E-state index contributed by atoms with van der Waals surface area (Å²) in [5.74, 6) is 6.15. The van der Waals surface area contributed by atoms with Gasteiger partial charge in [-0.15, -0.1) is 0 Å². The highest BCUT2D eigenvalue weighted by Gasteiger charge is 2.53. The number of primary amides is 1. The lowest BCUT2D eigenvalue weighted by Crippen LogP contribution is -2.46. The molecule has 1 aromatic heterocycles. The number of nitrogens with zero attached hydrogens (tertiary/aromatic N) is 4. The van der Waals surface area contributed by atoms with Crippen LogP contribution in [0.4, 0.5) is 5.82 Å². The summed E-state index contributed by atoms with van der Waals surface area (Å²) in [7, 11) is 0. The molecule has 1 saturated heterocycles. The predicted molar refractivity (Wildman–Crippen MR) is 145 cm³/mol. The van der Waals surface area contributed by atoms with E-state index in [-0.39, 0.29) is 29.5 Å². The molecular formula is C27H30ClN7O3. The van der Waals surface area contributed by atoms with Gasteiger partial charge in [0.25, 0.3) is 5.91 Å². The molecule has 2 aromatic rings. The molecule has 3 aliphatic rings. The molecule has 38 heavy (non-hydrogen) atoms. The van der Waals surface area contributed by atoms with Crippen LogP contribution in [-0.4, -0.2) is 47.2 Å². The molecule has 2 heterocycles. The van der Waals surface area contributed by atoms with Crippen molar-refractivity contribution in [3.05, 3.63) is 57.2 Å². The van der Waals surface area contributed by atoms with Gasteiger partial charge in [0.2, 0.25) is 11.8 Å². The van der Waals surface area contributed by atoms with Crippen LogP contribution in [-0.2, 0) is 16.1 Å². The van der Waals surface area contributed by atoms with E-state index in [1.807, 2.05) is 13.8 Å². The van der Waals surface area contributed by atoms with Gasteiger partial charge in [-0.25, -0.2) is 4.98 Å². The zero-order valence-corrected chi connectivity index (χ0v) is 22.0. The van der Waals surface area contributed by atoms with Gasteiger partial charge in [0.05, 0.1) is 12.8 Å². The van der Waals surface area contributed by atoms with Crippen molar-refractivity contribution in [1.29, 1.82) is 0 Å². The summed E-state index contributed by atoms with van der Waals surface area (Å²) in [6.45, 7) is 4.98. The number of aromatic nitrogens is 1. The predicted octanol–water partition coefficient (Wildman–Crippen LogP) is 2.38. The SMILES string of the molecule is Cc1c(CN=CC(=NN)C(=O)NC2CC(c3cc(Cl)ccc3C(N)=O)C2)cnc(N2CC3CC3C2=O)c1C. The number of rotatable bonds is 8. The number of piperidine rings is 1. The number of nitrogens with one attached hydrogen (secondary N) is 1. The van der Waals surface area contributed by atoms with Gasteiger partial charge in [-0.3, -0.25) is 24.3 Å². The average Bonchev–Trinajstić information content (AvgIpc) is 3.56. The molecule has 198 valence electrons. The first-order chi connectivity index (χ1) is 18.2. The zero-order chi connectivity index (χ0) is 27.1. The Balaban J connectivity index is 1.16. The zero-order valence-electron chi connectivity index (χ0n) is 21.3. The van der Waals surface area contributed by atoms with E-state index in [1.54, 1.807) is 29.3 Å². The minimum Gasteiger partial charge on any atom is -0.366 e. The maximum absolute atomic E-state index is 12.7. The number of fused-ring (bicyclic) bond motifs is 1. The molecule has 0 spiro atoms. The number of hydrazone groups is 1. The molecule has 2 atom stereocenters. The third-order valence-electron chi connectivity index (χ3n) is 7.94. The fourth-order valence-electron chi connectivity index (χ4n) is 5.37. The van der Waals surface area contributed by atoms with Crippen molar-refractivity contribution in [2.75, 3.05) is 11.4 Å². The normalized spacial score (nSPS) is 24.3. The van der Waals surface area contributed by atoms with Crippen LogP contribution in [0.15, 0.2) is 34.5 Å². The number of carbonyl (C=O) groups is 3. The van der Waals surface area contributed by atoms with E-state index in [0.717, 1.165) is 41.0 Å². The second-order valence-corrected chi connectivity index (χ2v) is 10.8. The molecule has 0 bridgehead atoms. The third-order valence-corrected chi connectivity index (χ3v) is 8.18. The van der Waals surface area contributed by atoms with Gasteiger partial charge in [-0.05, 0) is 85.4 Å². The summed E-state index contributed by atoms with van der Waals surface area (Å²) in [6.07, 6.45) is 5.36. The fraction of sp³-hybridized carbons (Fsp3) is 0.407. The molecule has 0 radical (unpaired) electrons. The van der Waals surface area contributed by atoms with Crippen molar-refractivity contribution in [3.8, 4) is 0 Å². The highest BCUT2D eigenvalue weighted by atomic mass is 35.5. The second kappa shape index (κ2) is 10.2. The molecule has 2 aliphatic carbocycles. The summed E-state index contributed by atoms with van der Waals surface area (Å²) in [5.41, 5.74) is 9.59. The first-order valence-corrected chi connectivity index (χ1v) is 13.0. The Bertz CT molecular complexity index is 1380. The summed E-state index contributed by atoms with van der Waals surface area (Å²) in [5, 5.41) is 7.04. The van der Waals surface area contributed by atoms with Crippen LogP contribution in [0.1, 0.15) is 57.8 Å². The number of aliphatic imine (C=N–C) groups is 1. The number of amides is 3. The first-order valence-electron chi connectivity index (χ1n) is 12.6. The Labute approximate surface area is 225 Å². The lowest BCUT2D eigenvalue weighted by molar-refractivity contribution is -0.118. The van der Waals surface area contributed by atoms with E-state index in [0.29, 0.717) is 35.9 Å². The van der Waals surface area contributed by atoms with Crippen LogP contribution in [0.3, 0.4) is 0 Å². The molecule has 3 amide bonds. The summed E-state index contributed by atoms with van der Waals surface area (Å²) >= 11 is 6.10. The summed E-state index contributed by atoms with van der Waals surface area (Å²) in [4.78, 5) is 47.6. The Hall–Kier alpha value is -3.79. The van der Waals surface area contributed by atoms with Gasteiger partial charge in [-0.1, -0.05) is 11.6 Å². The number of hydrogen-bond donors (Lipinski definition) is 3. The van der Waals surface area contributed by atoms with E-state index in [1.165, 1.54) is 6.21 Å². The van der Waals surface area contributed by atoms with Gasteiger partial charge in [0.15, 0.2) is 5.71 Å². The van der Waals surface area contributed by atoms with Crippen LogP contribution in [0.25, 0.3) is 0 Å². The van der Waals surface area contributed by atoms with Gasteiger partial charge in [0.1, 0.15) is 5.82 Å². The molecule has 5 N–H and O–H groups in total. The Morgan fingerprint density at radius 1 is 1.24 bits per heavy atom. The second-order valence-electron chi connectivity index (χ2n) is 10.3. The quantitative estimate of drug-likeness (QED) is 0.269. The molecule has 3 fully saturated rings. The third kappa shape index (κ3) is 4.88. The number of benzene rings is 1. The van der Waals surface area contributed by atoms with Crippen molar-refractivity contribution in [1.82, 2.24) is 10.3 Å². The highest BCUT2D eigenvalue weighted by molar-refractivity contribution is 6.60. The summed E-state index contributed by atoms with van der Waals surface area (Å²) < 4.78 is 0. The number of pyridine rings is 1. The minimum atomic E-state index is -0.505. The number of hydrogen-bond acceptors (Lipinski definition) is 7. The van der Waals surface area contributed by atoms with Crippen LogP contribution in [0.5, 0.6) is 0 Å². The monoisotopic (exact) mass is 535 g/mol. The first kappa shape index (κ1) is 25.8. The minimum absolute atomic E-state index is 0.00914. The van der Waals surface area contributed by atoms with E-state index in [2.05, 4.69) is 20.4 Å². The van der Waals surface area contributed by atoms with Crippen LogP contribution < -0.4 is 21.8 Å². The van der Waals surface area contributed by atoms with Crippen LogP contribution >= 0.6 is 11.6 Å². The van der Waals surface area contributed by atoms with Crippen molar-refractivity contribution >= 4 is 47.1 Å². The number of halogens is 1. The van der Waals surface area contributed by atoms with Gasteiger partial charge < -0.3 is 16.9 Å². The molecule has 2 unspecified atom stereocenters. The fourth-order valence-corrected chi connectivity index (χ4v) is 5.55. The van der Waals surface area contributed by atoms with Gasteiger partial charge in [0, 0.05) is 35.3 Å². The van der Waals surface area contributed by atoms with Crippen molar-refractivity contribution in [2.45, 2.75) is 51.6 Å². The van der Waals surface area contributed by atoms with Crippen LogP contribution in [0.2, 0.25) is 5.02 Å². The van der Waals surface area contributed by atoms with E-state index < -0.39 is 11.8 Å². The maximum atomic E-state index is 12.7. The summed E-state index contributed by atoms with van der Waals surface area (Å²) in [6, 6.07) is 4.91. The lowest BCUT2D eigenvalue weighted by atomic mass is 9.74. The van der Waals surface area contributed by atoms with Crippen molar-refractivity contribution < 1.29 is 14.4 Å². The number of nitrogens with two attached hydrogens (primary N) is 2. The Morgan fingerprint density at radius 3 is 2.66 bits per heavy atom. The molecule has 1 aromatic carbocycles. The lowest BCUT2D eigenvalue weighted by Gasteiger charge is -2.36. The smallest absolute Gasteiger partial charge is 0.273 e. The molecule has 11 heteroatoms. The van der Waals surface area contributed by atoms with Crippen molar-refractivity contribution in [2.24, 2.45) is 33.5 Å². The Kier molecular flexibility index (Phi) is 6.92. The molecule has 5 rings (SSSR count). The van der Waals surface area contributed by atoms with E-state index in [9.17, 15) is 14.4 Å². The Morgan fingerprint density at radius 2 is 2.00 bits per heavy atom. The maximum Gasteiger partial charge on any atom is 0.273 e. The number of anilines is 1. The highest BCUT2D eigenvalue weighted by Crippen LogP contribution is 2.47. The molecular weight excluding hydrogens is 506 g/mol. The van der Waals surface area contributed by atoms with Crippen LogP contribution in [0, 0.1) is 25.7 Å². The topological polar surface area (TPSA) is 156 Å². The van der Waals surface area contributed by atoms with Gasteiger partial charge in [-0.2, -0.15) is 5.10 Å². The molecule has 10 nitrogen and oxygen atoms in total. The number of carbonyl (C=O) groups excluding carboxylic acids is 3. The van der Waals surface area contributed by atoms with Crippen molar-refractivity contribution in [3.63, 3.8) is 0 Å². The largest absolute Gasteiger partial charge is 0.366 e. The molecule has 1 aliphatic heterocycles.